The van der Waals surface area contributed by atoms with E-state index in [9.17, 15) is 14.4 Å². The van der Waals surface area contributed by atoms with E-state index in [-0.39, 0.29) is 11.3 Å². The molecule has 0 radical (unpaired) electrons. The number of hydrogen-bond donors (Lipinski definition) is 1. The van der Waals surface area contributed by atoms with Gasteiger partial charge in [0.25, 0.3) is 5.91 Å². The van der Waals surface area contributed by atoms with Gasteiger partial charge in [-0.2, -0.15) is 5.26 Å². The Bertz CT molecular complexity index is 1090. The molecule has 0 aliphatic heterocycles. The van der Waals surface area contributed by atoms with Crippen LogP contribution in [0.2, 0.25) is 5.02 Å². The monoisotopic (exact) mass is 406 g/mol. The lowest BCUT2D eigenvalue weighted by Gasteiger charge is -2.11. The first-order valence-corrected chi connectivity index (χ1v) is 9.08. The maximum absolute atomic E-state index is 13.8. The summed E-state index contributed by atoms with van der Waals surface area (Å²) in [5, 5.41) is 12.2. The average Bonchev–Trinajstić information content (AvgIpc) is 2.73. The van der Waals surface area contributed by atoms with Crippen molar-refractivity contribution >= 4 is 29.3 Å². The van der Waals surface area contributed by atoms with Crippen molar-refractivity contribution in [3.63, 3.8) is 0 Å². The Hall–Kier alpha value is -3.62. The van der Waals surface area contributed by atoms with Crippen LogP contribution in [0.4, 0.5) is 10.1 Å². The third-order valence-corrected chi connectivity index (χ3v) is 4.23. The lowest BCUT2D eigenvalue weighted by molar-refractivity contribution is -0.112. The number of hydrogen-bond acceptors (Lipinski definition) is 3. The standard InChI is InChI=1S/C23H16ClFN2O2/c24-19-10-11-22(29-15-16-6-2-1-3-7-16)17(13-19)12-18(14-26)23(28)27-21-9-5-4-8-20(21)25/h1-13H,15H2,(H,27,28)/b18-12+. The molecule has 0 aliphatic carbocycles. The van der Waals surface area contributed by atoms with E-state index in [2.05, 4.69) is 5.32 Å². The van der Waals surface area contributed by atoms with Gasteiger partial charge in [-0.1, -0.05) is 54.1 Å². The van der Waals surface area contributed by atoms with Crippen molar-refractivity contribution in [3.8, 4) is 11.8 Å². The number of carbonyl (C=O) groups excluding carboxylic acids is 1. The predicted octanol–water partition coefficient (Wildman–Crippen LogP) is 5.60. The molecule has 29 heavy (non-hydrogen) atoms. The maximum Gasteiger partial charge on any atom is 0.266 e. The van der Waals surface area contributed by atoms with E-state index in [1.165, 1.54) is 24.3 Å². The summed E-state index contributed by atoms with van der Waals surface area (Å²) in [6, 6.07) is 22.1. The zero-order chi connectivity index (χ0) is 20.6. The Labute approximate surface area is 172 Å². The summed E-state index contributed by atoms with van der Waals surface area (Å²) >= 11 is 6.07. The number of nitrogens with one attached hydrogen (secondary N) is 1. The highest BCUT2D eigenvalue weighted by molar-refractivity contribution is 6.30. The summed E-state index contributed by atoms with van der Waals surface area (Å²) in [5.41, 5.74) is 1.22. The first-order valence-electron chi connectivity index (χ1n) is 8.71. The molecule has 0 bridgehead atoms. The number of rotatable bonds is 6. The summed E-state index contributed by atoms with van der Waals surface area (Å²) in [6.07, 6.45) is 1.36. The van der Waals surface area contributed by atoms with Gasteiger partial charge in [-0.25, -0.2) is 4.39 Å². The van der Waals surface area contributed by atoms with Crippen LogP contribution in [0, 0.1) is 17.1 Å². The van der Waals surface area contributed by atoms with Crippen molar-refractivity contribution in [2.24, 2.45) is 0 Å². The van der Waals surface area contributed by atoms with Crippen molar-refractivity contribution in [2.75, 3.05) is 5.32 Å². The zero-order valence-electron chi connectivity index (χ0n) is 15.2. The quantitative estimate of drug-likeness (QED) is 0.428. The zero-order valence-corrected chi connectivity index (χ0v) is 16.0. The molecular formula is C23H16ClFN2O2. The molecule has 0 saturated carbocycles. The van der Waals surface area contributed by atoms with Gasteiger partial charge in [-0.15, -0.1) is 0 Å². The summed E-state index contributed by atoms with van der Waals surface area (Å²) in [7, 11) is 0. The number of carbonyl (C=O) groups is 1. The summed E-state index contributed by atoms with van der Waals surface area (Å²) < 4.78 is 19.6. The summed E-state index contributed by atoms with van der Waals surface area (Å²) in [5.74, 6) is -0.857. The molecule has 0 atom stereocenters. The SMILES string of the molecule is N#C/C(=C\c1cc(Cl)ccc1OCc1ccccc1)C(=O)Nc1ccccc1F. The second-order valence-electron chi connectivity index (χ2n) is 6.06. The molecule has 0 unspecified atom stereocenters. The van der Waals surface area contributed by atoms with E-state index in [1.54, 1.807) is 24.3 Å². The van der Waals surface area contributed by atoms with Crippen molar-refractivity contribution in [1.82, 2.24) is 0 Å². The second kappa shape index (κ2) is 9.54. The normalized spacial score (nSPS) is 10.9. The Kier molecular flexibility index (Phi) is 6.62. The predicted molar refractivity (Wildman–Crippen MR) is 111 cm³/mol. The number of amides is 1. The van der Waals surface area contributed by atoms with Gasteiger partial charge in [0.05, 0.1) is 5.69 Å². The molecule has 6 heteroatoms. The minimum absolute atomic E-state index is 0.00899. The van der Waals surface area contributed by atoms with E-state index in [0.29, 0.717) is 22.9 Å². The minimum Gasteiger partial charge on any atom is -0.488 e. The topological polar surface area (TPSA) is 62.1 Å². The Morgan fingerprint density at radius 1 is 1.10 bits per heavy atom. The Balaban J connectivity index is 1.84. The Morgan fingerprint density at radius 3 is 2.55 bits per heavy atom. The number of anilines is 1. The number of ether oxygens (including phenoxy) is 1. The van der Waals surface area contributed by atoms with Crippen LogP contribution < -0.4 is 10.1 Å². The van der Waals surface area contributed by atoms with Crippen LogP contribution in [0.25, 0.3) is 6.08 Å². The van der Waals surface area contributed by atoms with Crippen LogP contribution in [0.15, 0.2) is 78.4 Å². The van der Waals surface area contributed by atoms with Crippen LogP contribution in [0.3, 0.4) is 0 Å². The van der Waals surface area contributed by atoms with E-state index >= 15 is 0 Å². The second-order valence-corrected chi connectivity index (χ2v) is 6.50. The van der Waals surface area contributed by atoms with Crippen LogP contribution in [-0.4, -0.2) is 5.91 Å². The van der Waals surface area contributed by atoms with Gasteiger partial charge in [-0.05, 0) is 42.0 Å². The summed E-state index contributed by atoms with van der Waals surface area (Å²) in [4.78, 5) is 12.4. The van der Waals surface area contributed by atoms with Crippen LogP contribution in [0.5, 0.6) is 5.75 Å². The molecule has 3 aromatic rings. The van der Waals surface area contributed by atoms with Crippen molar-refractivity contribution in [3.05, 3.63) is 100 Å². The number of nitriles is 1. The van der Waals surface area contributed by atoms with Gasteiger partial charge in [0, 0.05) is 10.6 Å². The Morgan fingerprint density at radius 2 is 1.83 bits per heavy atom. The molecule has 0 aliphatic rings. The molecule has 0 spiro atoms. The third kappa shape index (κ3) is 5.44. The van der Waals surface area contributed by atoms with E-state index in [0.717, 1.165) is 5.56 Å². The molecule has 1 amide bonds. The molecule has 1 N–H and O–H groups in total. The fraction of sp³-hybridized carbons (Fsp3) is 0.0435. The van der Waals surface area contributed by atoms with Crippen LogP contribution >= 0.6 is 11.6 Å². The molecule has 3 aromatic carbocycles. The van der Waals surface area contributed by atoms with E-state index in [1.807, 2.05) is 36.4 Å². The summed E-state index contributed by atoms with van der Waals surface area (Å²) in [6.45, 7) is 0.312. The number of halogens is 2. The average molecular weight is 407 g/mol. The van der Waals surface area contributed by atoms with Gasteiger partial charge in [0.2, 0.25) is 0 Å². The van der Waals surface area contributed by atoms with Gasteiger partial charge in [-0.3, -0.25) is 4.79 Å². The van der Waals surface area contributed by atoms with Gasteiger partial charge >= 0.3 is 0 Å². The van der Waals surface area contributed by atoms with Crippen molar-refractivity contribution in [2.45, 2.75) is 6.61 Å². The smallest absolute Gasteiger partial charge is 0.266 e. The molecule has 0 aromatic heterocycles. The molecular weight excluding hydrogens is 391 g/mol. The fourth-order valence-corrected chi connectivity index (χ4v) is 2.74. The van der Waals surface area contributed by atoms with E-state index in [4.69, 9.17) is 16.3 Å². The molecule has 144 valence electrons. The number of benzene rings is 3. The third-order valence-electron chi connectivity index (χ3n) is 4.00. The van der Waals surface area contributed by atoms with Gasteiger partial charge in [0.15, 0.2) is 0 Å². The highest BCUT2D eigenvalue weighted by atomic mass is 35.5. The molecule has 4 nitrogen and oxygen atoms in total. The van der Waals surface area contributed by atoms with Gasteiger partial charge < -0.3 is 10.1 Å². The highest BCUT2D eigenvalue weighted by Gasteiger charge is 2.13. The first-order chi connectivity index (χ1) is 14.1. The molecule has 0 fully saturated rings. The van der Waals surface area contributed by atoms with Crippen molar-refractivity contribution < 1.29 is 13.9 Å². The minimum atomic E-state index is -0.730. The molecule has 0 saturated heterocycles. The van der Waals surface area contributed by atoms with Crippen molar-refractivity contribution in [1.29, 1.82) is 5.26 Å². The number of nitrogens with zero attached hydrogens (tertiary/aromatic N) is 1. The van der Waals surface area contributed by atoms with Crippen LogP contribution in [0.1, 0.15) is 11.1 Å². The lowest BCUT2D eigenvalue weighted by atomic mass is 10.1. The molecule has 3 rings (SSSR count). The van der Waals surface area contributed by atoms with E-state index < -0.39 is 11.7 Å². The molecule has 0 heterocycles. The maximum atomic E-state index is 13.8. The lowest BCUT2D eigenvalue weighted by Crippen LogP contribution is -2.14. The first kappa shape index (κ1) is 20.1. The number of para-hydroxylation sites is 1. The van der Waals surface area contributed by atoms with Gasteiger partial charge in [0.1, 0.15) is 29.8 Å². The highest BCUT2D eigenvalue weighted by Crippen LogP contribution is 2.26. The fourth-order valence-electron chi connectivity index (χ4n) is 2.56. The largest absolute Gasteiger partial charge is 0.488 e. The van der Waals surface area contributed by atoms with Crippen LogP contribution in [-0.2, 0) is 11.4 Å².